The molecule has 1 N–H and O–H groups in total. The van der Waals surface area contributed by atoms with Crippen molar-refractivity contribution in [3.63, 3.8) is 0 Å². The quantitative estimate of drug-likeness (QED) is 0.649. The molecule has 0 fully saturated rings. The van der Waals surface area contributed by atoms with Crippen molar-refractivity contribution in [2.45, 2.75) is 32.9 Å². The van der Waals surface area contributed by atoms with Crippen LogP contribution in [0, 0.1) is 0 Å². The molecule has 0 saturated heterocycles. The van der Waals surface area contributed by atoms with Gasteiger partial charge in [0, 0.05) is 17.6 Å². The molecule has 0 unspecified atom stereocenters. The minimum Gasteiger partial charge on any atom is -0.456 e. The number of ether oxygens (including phenoxy) is 1. The van der Waals surface area contributed by atoms with Crippen LogP contribution >= 0.6 is 0 Å². The maximum Gasteiger partial charge on any atom is 0.339 e. The molecular weight excluding hydrogens is 310 g/mol. The molecule has 0 amide bonds. The van der Waals surface area contributed by atoms with Crippen LogP contribution in [0.25, 0.3) is 10.8 Å². The Bertz CT molecular complexity index is 879. The molecule has 0 spiro atoms. The summed E-state index contributed by atoms with van der Waals surface area (Å²) in [4.78, 5) is 12.5. The number of fused-ring (bicyclic) bond motifs is 1. The topological polar surface area (TPSA) is 38.3 Å². The molecule has 0 aliphatic rings. The summed E-state index contributed by atoms with van der Waals surface area (Å²) < 4.78 is 5.54. The van der Waals surface area contributed by atoms with E-state index in [9.17, 15) is 4.79 Å². The zero-order valence-electron chi connectivity index (χ0n) is 14.9. The predicted molar refractivity (Wildman–Crippen MR) is 103 cm³/mol. The Morgan fingerprint density at radius 1 is 0.880 bits per heavy atom. The van der Waals surface area contributed by atoms with Crippen molar-refractivity contribution in [3.05, 3.63) is 77.9 Å². The van der Waals surface area contributed by atoms with E-state index in [0.29, 0.717) is 5.56 Å². The Kier molecular flexibility index (Phi) is 4.75. The number of carbonyl (C=O) groups is 1. The van der Waals surface area contributed by atoms with Crippen LogP contribution in [0.15, 0.2) is 66.7 Å². The number of nitrogens with one attached hydrogen (secondary N) is 1. The summed E-state index contributed by atoms with van der Waals surface area (Å²) in [7, 11) is 0. The first-order valence-corrected chi connectivity index (χ1v) is 8.47. The van der Waals surface area contributed by atoms with Crippen LogP contribution < -0.4 is 5.32 Å². The smallest absolute Gasteiger partial charge is 0.339 e. The van der Waals surface area contributed by atoms with Gasteiger partial charge in [-0.3, -0.25) is 0 Å². The van der Waals surface area contributed by atoms with Crippen molar-refractivity contribution in [2.24, 2.45) is 0 Å². The molecule has 3 aromatic carbocycles. The number of carbonyl (C=O) groups excluding carboxylic acids is 1. The van der Waals surface area contributed by atoms with Gasteiger partial charge in [-0.05, 0) is 43.9 Å². The van der Waals surface area contributed by atoms with Gasteiger partial charge in [0.1, 0.15) is 5.60 Å². The van der Waals surface area contributed by atoms with E-state index in [1.807, 2.05) is 75.4 Å². The van der Waals surface area contributed by atoms with Gasteiger partial charge in [-0.25, -0.2) is 4.79 Å². The van der Waals surface area contributed by atoms with Crippen molar-refractivity contribution in [1.82, 2.24) is 0 Å². The van der Waals surface area contributed by atoms with Crippen LogP contribution in [-0.2, 0) is 11.3 Å². The fraction of sp³-hybridized carbons (Fsp3) is 0.227. The Balaban J connectivity index is 1.92. The second-order valence-electron chi connectivity index (χ2n) is 7.05. The molecule has 0 radical (unpaired) electrons. The standard InChI is InChI=1S/C22H23NO2/c1-22(2,3)25-21(24)19-13-14-20(18-12-8-7-11-17(18)19)23-15-16-9-5-4-6-10-16/h4-14,23H,15H2,1-3H3. The van der Waals surface area contributed by atoms with E-state index in [-0.39, 0.29) is 5.97 Å². The van der Waals surface area contributed by atoms with E-state index in [2.05, 4.69) is 17.4 Å². The molecule has 25 heavy (non-hydrogen) atoms. The highest BCUT2D eigenvalue weighted by Gasteiger charge is 2.20. The lowest BCUT2D eigenvalue weighted by molar-refractivity contribution is 0.00719. The number of rotatable bonds is 4. The summed E-state index contributed by atoms with van der Waals surface area (Å²) in [5.41, 5.74) is 2.30. The first-order chi connectivity index (χ1) is 11.9. The molecule has 3 heteroatoms. The average molecular weight is 333 g/mol. The van der Waals surface area contributed by atoms with Crippen molar-refractivity contribution >= 4 is 22.4 Å². The van der Waals surface area contributed by atoms with Gasteiger partial charge in [-0.2, -0.15) is 0 Å². The van der Waals surface area contributed by atoms with Crippen molar-refractivity contribution in [1.29, 1.82) is 0 Å². The lowest BCUT2D eigenvalue weighted by atomic mass is 10.0. The van der Waals surface area contributed by atoms with Crippen LogP contribution in [0.5, 0.6) is 0 Å². The SMILES string of the molecule is CC(C)(C)OC(=O)c1ccc(NCc2ccccc2)c2ccccc12. The first-order valence-electron chi connectivity index (χ1n) is 8.47. The van der Waals surface area contributed by atoms with Gasteiger partial charge in [-0.1, -0.05) is 54.6 Å². The molecular formula is C22H23NO2. The zero-order chi connectivity index (χ0) is 17.9. The molecule has 128 valence electrons. The van der Waals surface area contributed by atoms with Crippen molar-refractivity contribution < 1.29 is 9.53 Å². The third-order valence-corrected chi connectivity index (χ3v) is 3.87. The molecule has 3 rings (SSSR count). The average Bonchev–Trinajstić information content (AvgIpc) is 2.59. The van der Waals surface area contributed by atoms with Crippen LogP contribution in [0.4, 0.5) is 5.69 Å². The van der Waals surface area contributed by atoms with Gasteiger partial charge < -0.3 is 10.1 Å². The largest absolute Gasteiger partial charge is 0.456 e. The van der Waals surface area contributed by atoms with Crippen LogP contribution in [0.1, 0.15) is 36.7 Å². The second-order valence-corrected chi connectivity index (χ2v) is 7.05. The minimum absolute atomic E-state index is 0.293. The number of benzene rings is 3. The Morgan fingerprint density at radius 3 is 2.20 bits per heavy atom. The maximum atomic E-state index is 12.5. The molecule has 0 aliphatic heterocycles. The number of hydrogen-bond acceptors (Lipinski definition) is 3. The fourth-order valence-corrected chi connectivity index (χ4v) is 2.76. The lowest BCUT2D eigenvalue weighted by Gasteiger charge is -2.20. The molecule has 0 aromatic heterocycles. The van der Waals surface area contributed by atoms with E-state index in [1.165, 1.54) is 5.56 Å². The van der Waals surface area contributed by atoms with Gasteiger partial charge in [-0.15, -0.1) is 0 Å². The molecule has 0 aliphatic carbocycles. The fourth-order valence-electron chi connectivity index (χ4n) is 2.76. The summed E-state index contributed by atoms with van der Waals surface area (Å²) in [6.45, 7) is 6.37. The minimum atomic E-state index is -0.511. The van der Waals surface area contributed by atoms with E-state index in [1.54, 1.807) is 0 Å². The molecule has 0 bridgehead atoms. The Hall–Kier alpha value is -2.81. The van der Waals surface area contributed by atoms with E-state index in [4.69, 9.17) is 4.74 Å². The predicted octanol–water partition coefficient (Wildman–Crippen LogP) is 5.41. The lowest BCUT2D eigenvalue weighted by Crippen LogP contribution is -2.24. The summed E-state index contributed by atoms with van der Waals surface area (Å²) in [6.07, 6.45) is 0. The Morgan fingerprint density at radius 2 is 1.52 bits per heavy atom. The van der Waals surface area contributed by atoms with Crippen molar-refractivity contribution in [3.8, 4) is 0 Å². The second kappa shape index (κ2) is 6.98. The summed E-state index contributed by atoms with van der Waals surface area (Å²) in [6, 6.07) is 21.9. The number of hydrogen-bond donors (Lipinski definition) is 1. The van der Waals surface area contributed by atoms with Crippen LogP contribution in [0.3, 0.4) is 0 Å². The van der Waals surface area contributed by atoms with Gasteiger partial charge in [0.05, 0.1) is 5.56 Å². The van der Waals surface area contributed by atoms with E-state index in [0.717, 1.165) is 23.0 Å². The van der Waals surface area contributed by atoms with Gasteiger partial charge in [0.2, 0.25) is 0 Å². The third kappa shape index (κ3) is 4.18. The summed E-state index contributed by atoms with van der Waals surface area (Å²) >= 11 is 0. The van der Waals surface area contributed by atoms with Gasteiger partial charge in [0.15, 0.2) is 0 Å². The molecule has 0 heterocycles. The van der Waals surface area contributed by atoms with E-state index >= 15 is 0 Å². The highest BCUT2D eigenvalue weighted by atomic mass is 16.6. The summed E-state index contributed by atoms with van der Waals surface area (Å²) in [5, 5.41) is 5.38. The highest BCUT2D eigenvalue weighted by molar-refractivity contribution is 6.08. The van der Waals surface area contributed by atoms with Gasteiger partial charge >= 0.3 is 5.97 Å². The van der Waals surface area contributed by atoms with Gasteiger partial charge in [0.25, 0.3) is 0 Å². The third-order valence-electron chi connectivity index (χ3n) is 3.87. The van der Waals surface area contributed by atoms with Crippen LogP contribution in [-0.4, -0.2) is 11.6 Å². The molecule has 3 aromatic rings. The summed E-state index contributed by atoms with van der Waals surface area (Å²) in [5.74, 6) is -0.293. The molecule has 0 saturated carbocycles. The monoisotopic (exact) mass is 333 g/mol. The molecule has 0 atom stereocenters. The number of esters is 1. The molecule has 3 nitrogen and oxygen atoms in total. The zero-order valence-corrected chi connectivity index (χ0v) is 14.9. The first kappa shape index (κ1) is 17.0. The maximum absolute atomic E-state index is 12.5. The van der Waals surface area contributed by atoms with Crippen molar-refractivity contribution in [2.75, 3.05) is 5.32 Å². The normalized spacial score (nSPS) is 11.3. The van der Waals surface area contributed by atoms with E-state index < -0.39 is 5.60 Å². The Labute approximate surface area is 148 Å². The highest BCUT2D eigenvalue weighted by Crippen LogP contribution is 2.28. The number of anilines is 1. The van der Waals surface area contributed by atoms with Crippen LogP contribution in [0.2, 0.25) is 0 Å².